The molecular weight excluding hydrogens is 474 g/mol. The Morgan fingerprint density at radius 3 is 2.41 bits per heavy atom. The number of hydrogen-bond acceptors (Lipinski definition) is 9. The van der Waals surface area contributed by atoms with Gasteiger partial charge in [-0.1, -0.05) is 30.3 Å². The minimum atomic E-state index is -3.96. The highest BCUT2D eigenvalue weighted by atomic mass is 32.2. The number of thiophene rings is 1. The lowest BCUT2D eigenvalue weighted by Gasteiger charge is -2.02. The topological polar surface area (TPSA) is 130 Å². The zero-order valence-corrected chi connectivity index (χ0v) is 19.4. The maximum Gasteiger partial charge on any atom is 0.337 e. The number of esters is 1. The zero-order valence-electron chi connectivity index (χ0n) is 17.7. The summed E-state index contributed by atoms with van der Waals surface area (Å²) in [6.07, 6.45) is 1.50. The first-order valence-corrected chi connectivity index (χ1v) is 12.3. The monoisotopic (exact) mass is 491 g/mol. The number of anilines is 1. The van der Waals surface area contributed by atoms with Gasteiger partial charge in [0.05, 0.1) is 29.9 Å². The summed E-state index contributed by atoms with van der Waals surface area (Å²) in [5.74, 6) is -0.546. The number of carbonyl (C=O) groups excluding carboxylic acids is 1. The number of ether oxygens (including phenoxy) is 1. The average Bonchev–Trinajstić information content (AvgIpc) is 3.48. The van der Waals surface area contributed by atoms with E-state index in [1.807, 2.05) is 6.07 Å². The summed E-state index contributed by atoms with van der Waals surface area (Å²) in [6.45, 7) is 0. The van der Waals surface area contributed by atoms with Crippen LogP contribution < -0.4 is 5.73 Å². The fraction of sp³-hybridized carbons (Fsp3) is 0.0435. The second kappa shape index (κ2) is 8.36. The lowest BCUT2D eigenvalue weighted by molar-refractivity contribution is 0.0600. The largest absolute Gasteiger partial charge is 0.465 e. The van der Waals surface area contributed by atoms with Crippen molar-refractivity contribution in [2.24, 2.45) is 5.10 Å². The number of para-hydroxylation sites is 2. The van der Waals surface area contributed by atoms with Gasteiger partial charge in [-0.05, 0) is 41.3 Å². The summed E-state index contributed by atoms with van der Waals surface area (Å²) < 4.78 is 33.0. The molecule has 0 radical (unpaired) electrons. The van der Waals surface area contributed by atoms with Crippen molar-refractivity contribution in [2.75, 3.05) is 12.8 Å². The van der Waals surface area contributed by atoms with Crippen LogP contribution in [0, 0.1) is 0 Å². The summed E-state index contributed by atoms with van der Waals surface area (Å²) >= 11 is 1.09. The van der Waals surface area contributed by atoms with Crippen molar-refractivity contribution in [3.63, 3.8) is 0 Å². The number of hydrogen-bond donors (Lipinski definition) is 1. The van der Waals surface area contributed by atoms with E-state index in [1.54, 1.807) is 53.9 Å². The molecule has 3 aromatic heterocycles. The first kappa shape index (κ1) is 21.7. The molecule has 5 rings (SSSR count). The van der Waals surface area contributed by atoms with Crippen LogP contribution in [0.25, 0.3) is 22.2 Å². The number of nitrogen functional groups attached to an aromatic ring is 1. The Morgan fingerprint density at radius 2 is 1.76 bits per heavy atom. The maximum atomic E-state index is 13.4. The van der Waals surface area contributed by atoms with E-state index in [-0.39, 0.29) is 26.1 Å². The number of nitrogens with zero attached hydrogens (tertiary/aromatic N) is 4. The number of benzene rings is 2. The van der Waals surface area contributed by atoms with E-state index in [0.29, 0.717) is 22.2 Å². The summed E-state index contributed by atoms with van der Waals surface area (Å²) in [7, 11) is -2.65. The number of methoxy groups -OCH3 is 1. The van der Waals surface area contributed by atoms with Crippen molar-refractivity contribution in [1.82, 2.24) is 14.6 Å². The standard InChI is InChI=1S/C23H17N5O4S2/c1-32-23(29)15-10-8-14(9-11-15)13-25-28-21(24)20(34(30,31)18-7-4-12-33-18)19-22(28)27-17-6-3-2-5-16(17)26-19/h2-13H,24H2,1H3. The van der Waals surface area contributed by atoms with Crippen molar-refractivity contribution < 1.29 is 17.9 Å². The zero-order chi connectivity index (χ0) is 23.9. The molecule has 0 spiro atoms. The van der Waals surface area contributed by atoms with Gasteiger partial charge in [-0.15, -0.1) is 11.3 Å². The summed E-state index contributed by atoms with van der Waals surface area (Å²) in [5, 5.41) is 6.09. The Kier molecular flexibility index (Phi) is 5.34. The molecule has 2 aromatic carbocycles. The van der Waals surface area contributed by atoms with E-state index in [9.17, 15) is 13.2 Å². The number of nitrogens with two attached hydrogens (primary N) is 1. The first-order chi connectivity index (χ1) is 16.4. The molecule has 0 saturated heterocycles. The molecule has 34 heavy (non-hydrogen) atoms. The highest BCUT2D eigenvalue weighted by Crippen LogP contribution is 2.36. The number of fused-ring (bicyclic) bond motifs is 2. The van der Waals surface area contributed by atoms with Gasteiger partial charge in [-0.25, -0.2) is 23.2 Å². The van der Waals surface area contributed by atoms with Crippen LogP contribution in [0.15, 0.2) is 80.2 Å². The third-order valence-corrected chi connectivity index (χ3v) is 8.33. The fourth-order valence-electron chi connectivity index (χ4n) is 3.47. The van der Waals surface area contributed by atoms with E-state index in [0.717, 1.165) is 11.3 Å². The lowest BCUT2D eigenvalue weighted by Crippen LogP contribution is -2.05. The summed E-state index contributed by atoms with van der Waals surface area (Å²) in [6, 6.07) is 16.9. The van der Waals surface area contributed by atoms with Gasteiger partial charge >= 0.3 is 5.97 Å². The normalized spacial score (nSPS) is 12.0. The van der Waals surface area contributed by atoms with E-state index < -0.39 is 15.8 Å². The number of aromatic nitrogens is 3. The molecule has 0 aliphatic carbocycles. The van der Waals surface area contributed by atoms with Crippen molar-refractivity contribution >= 4 is 61.4 Å². The predicted molar refractivity (Wildman–Crippen MR) is 130 cm³/mol. The van der Waals surface area contributed by atoms with Crippen molar-refractivity contribution in [3.05, 3.63) is 77.2 Å². The van der Waals surface area contributed by atoms with E-state index in [1.165, 1.54) is 24.1 Å². The highest BCUT2D eigenvalue weighted by molar-refractivity contribution is 7.93. The Balaban J connectivity index is 1.70. The van der Waals surface area contributed by atoms with Crippen LogP contribution in [0.4, 0.5) is 5.82 Å². The van der Waals surface area contributed by atoms with Crippen LogP contribution in [0.3, 0.4) is 0 Å². The molecule has 2 N–H and O–H groups in total. The molecular formula is C23H17N5O4S2. The van der Waals surface area contributed by atoms with Gasteiger partial charge in [-0.2, -0.15) is 9.78 Å². The molecule has 0 aliphatic rings. The number of sulfone groups is 1. The summed E-state index contributed by atoms with van der Waals surface area (Å²) in [5.41, 5.74) is 8.88. The average molecular weight is 492 g/mol. The van der Waals surface area contributed by atoms with E-state index >= 15 is 0 Å². The molecule has 5 aromatic rings. The van der Waals surface area contributed by atoms with Crippen molar-refractivity contribution in [1.29, 1.82) is 0 Å². The quantitative estimate of drug-likeness (QED) is 0.293. The van der Waals surface area contributed by atoms with Gasteiger partial charge < -0.3 is 10.5 Å². The van der Waals surface area contributed by atoms with Crippen LogP contribution >= 0.6 is 11.3 Å². The van der Waals surface area contributed by atoms with E-state index in [2.05, 4.69) is 15.1 Å². The van der Waals surface area contributed by atoms with Crippen molar-refractivity contribution in [2.45, 2.75) is 9.10 Å². The molecule has 0 bridgehead atoms. The van der Waals surface area contributed by atoms with Crippen LogP contribution in [0.2, 0.25) is 0 Å². The van der Waals surface area contributed by atoms with Crippen LogP contribution in [-0.4, -0.2) is 42.4 Å². The Morgan fingerprint density at radius 1 is 1.06 bits per heavy atom. The van der Waals surface area contributed by atoms with Gasteiger partial charge in [0, 0.05) is 0 Å². The third kappa shape index (κ3) is 3.60. The third-order valence-electron chi connectivity index (χ3n) is 5.11. The minimum absolute atomic E-state index is 0.0962. The molecule has 0 atom stereocenters. The molecule has 0 unspecified atom stereocenters. The first-order valence-electron chi connectivity index (χ1n) is 9.98. The molecule has 11 heteroatoms. The Hall–Kier alpha value is -4.09. The van der Waals surface area contributed by atoms with Gasteiger partial charge in [0.1, 0.15) is 20.4 Å². The second-order valence-electron chi connectivity index (χ2n) is 7.20. The highest BCUT2D eigenvalue weighted by Gasteiger charge is 2.31. The Bertz CT molecular complexity index is 1670. The molecule has 0 saturated carbocycles. The van der Waals surface area contributed by atoms with Crippen molar-refractivity contribution in [3.8, 4) is 0 Å². The van der Waals surface area contributed by atoms with Crippen LogP contribution in [-0.2, 0) is 14.6 Å². The maximum absolute atomic E-state index is 13.4. The van der Waals surface area contributed by atoms with Gasteiger partial charge in [0.25, 0.3) is 0 Å². The SMILES string of the molecule is COC(=O)c1ccc(C=Nn2c(N)c(S(=O)(=O)c3cccs3)c3nc4ccccc4nc32)cc1. The van der Waals surface area contributed by atoms with Gasteiger partial charge in [0.15, 0.2) is 5.65 Å². The van der Waals surface area contributed by atoms with Crippen LogP contribution in [0.5, 0.6) is 0 Å². The smallest absolute Gasteiger partial charge is 0.337 e. The number of rotatable bonds is 5. The molecule has 3 heterocycles. The lowest BCUT2D eigenvalue weighted by atomic mass is 10.1. The Labute approximate surface area is 198 Å². The van der Waals surface area contributed by atoms with Gasteiger partial charge in [0.2, 0.25) is 9.84 Å². The second-order valence-corrected chi connectivity index (χ2v) is 10.3. The molecule has 9 nitrogen and oxygen atoms in total. The molecule has 0 fully saturated rings. The van der Waals surface area contributed by atoms with Gasteiger partial charge in [-0.3, -0.25) is 0 Å². The predicted octanol–water partition coefficient (Wildman–Crippen LogP) is 3.73. The number of carbonyl (C=O) groups is 1. The summed E-state index contributed by atoms with van der Waals surface area (Å²) in [4.78, 5) is 20.7. The molecule has 170 valence electrons. The fourth-order valence-corrected chi connectivity index (χ4v) is 6.05. The van der Waals surface area contributed by atoms with E-state index in [4.69, 9.17) is 10.5 Å². The van der Waals surface area contributed by atoms with Crippen LogP contribution in [0.1, 0.15) is 15.9 Å². The molecule has 0 amide bonds. The molecule has 0 aliphatic heterocycles. The minimum Gasteiger partial charge on any atom is -0.465 e.